The molecule has 2 N–H and O–H groups in total. The van der Waals surface area contributed by atoms with E-state index >= 15 is 0 Å². The molecule has 1 aliphatic carbocycles. The first-order valence-electron chi connectivity index (χ1n) is 6.45. The molecule has 2 unspecified atom stereocenters. The zero-order valence-electron chi connectivity index (χ0n) is 10.5. The first kappa shape index (κ1) is 13.4. The lowest BCUT2D eigenvalue weighted by Crippen LogP contribution is -2.39. The standard InChI is InChI=1S/C14H19F2NO/c1-9(10-4-2-5-10)17-8-13(18)14-11(15)6-3-7-12(14)16/h3,6-7,9-10,13,17-18H,2,4-5,8H2,1H3. The molecular weight excluding hydrogens is 236 g/mol. The van der Waals surface area contributed by atoms with Gasteiger partial charge < -0.3 is 10.4 Å². The van der Waals surface area contributed by atoms with E-state index in [0.717, 1.165) is 12.1 Å². The molecule has 0 heterocycles. The summed E-state index contributed by atoms with van der Waals surface area (Å²) in [7, 11) is 0. The van der Waals surface area contributed by atoms with E-state index in [1.165, 1.54) is 25.3 Å². The largest absolute Gasteiger partial charge is 0.387 e. The normalized spacial score (nSPS) is 19.3. The van der Waals surface area contributed by atoms with Crippen LogP contribution in [0.2, 0.25) is 0 Å². The molecular formula is C14H19F2NO. The summed E-state index contributed by atoms with van der Waals surface area (Å²) in [6.07, 6.45) is 2.49. The fraction of sp³-hybridized carbons (Fsp3) is 0.571. The van der Waals surface area contributed by atoms with Crippen LogP contribution >= 0.6 is 0 Å². The lowest BCUT2D eigenvalue weighted by atomic mass is 9.80. The van der Waals surface area contributed by atoms with Crippen molar-refractivity contribution in [2.75, 3.05) is 6.54 Å². The number of benzene rings is 1. The van der Waals surface area contributed by atoms with Crippen molar-refractivity contribution in [3.05, 3.63) is 35.4 Å². The third kappa shape index (κ3) is 2.87. The molecule has 1 aromatic carbocycles. The maximum absolute atomic E-state index is 13.4. The Kier molecular flexibility index (Phi) is 4.30. The Bertz CT molecular complexity index is 387. The molecule has 1 fully saturated rings. The van der Waals surface area contributed by atoms with Crippen molar-refractivity contribution in [3.63, 3.8) is 0 Å². The molecule has 2 atom stereocenters. The lowest BCUT2D eigenvalue weighted by Gasteiger charge is -2.32. The van der Waals surface area contributed by atoms with Gasteiger partial charge in [0.15, 0.2) is 0 Å². The monoisotopic (exact) mass is 255 g/mol. The van der Waals surface area contributed by atoms with E-state index in [2.05, 4.69) is 5.32 Å². The highest BCUT2D eigenvalue weighted by Gasteiger charge is 2.25. The molecule has 100 valence electrons. The van der Waals surface area contributed by atoms with Crippen LogP contribution in [0.4, 0.5) is 8.78 Å². The summed E-state index contributed by atoms with van der Waals surface area (Å²) in [6, 6.07) is 3.91. The van der Waals surface area contributed by atoms with E-state index in [9.17, 15) is 13.9 Å². The molecule has 2 nitrogen and oxygen atoms in total. The Hall–Kier alpha value is -1.00. The van der Waals surface area contributed by atoms with E-state index in [-0.39, 0.29) is 18.2 Å². The van der Waals surface area contributed by atoms with E-state index in [1.54, 1.807) is 0 Å². The number of rotatable bonds is 5. The van der Waals surface area contributed by atoms with Gasteiger partial charge in [0.2, 0.25) is 0 Å². The summed E-state index contributed by atoms with van der Waals surface area (Å²) in [4.78, 5) is 0. The fourth-order valence-corrected chi connectivity index (χ4v) is 2.34. The van der Waals surface area contributed by atoms with Crippen LogP contribution in [0.15, 0.2) is 18.2 Å². The van der Waals surface area contributed by atoms with Gasteiger partial charge >= 0.3 is 0 Å². The molecule has 0 aromatic heterocycles. The highest BCUT2D eigenvalue weighted by Crippen LogP contribution is 2.29. The van der Waals surface area contributed by atoms with Crippen molar-refractivity contribution in [1.82, 2.24) is 5.32 Å². The molecule has 18 heavy (non-hydrogen) atoms. The van der Waals surface area contributed by atoms with E-state index in [1.807, 2.05) is 6.92 Å². The lowest BCUT2D eigenvalue weighted by molar-refractivity contribution is 0.147. The number of hydrogen-bond acceptors (Lipinski definition) is 2. The van der Waals surface area contributed by atoms with Crippen molar-refractivity contribution in [1.29, 1.82) is 0 Å². The second kappa shape index (κ2) is 5.76. The maximum Gasteiger partial charge on any atom is 0.131 e. The minimum atomic E-state index is -1.14. The molecule has 0 aliphatic heterocycles. The highest BCUT2D eigenvalue weighted by molar-refractivity contribution is 5.22. The molecule has 4 heteroatoms. The predicted molar refractivity (Wildman–Crippen MR) is 66.1 cm³/mol. The van der Waals surface area contributed by atoms with Gasteiger partial charge in [0.25, 0.3) is 0 Å². The van der Waals surface area contributed by atoms with E-state index < -0.39 is 17.7 Å². The second-order valence-electron chi connectivity index (χ2n) is 5.04. The molecule has 0 bridgehead atoms. The van der Waals surface area contributed by atoms with Gasteiger partial charge in [-0.25, -0.2) is 8.78 Å². The Morgan fingerprint density at radius 2 is 1.94 bits per heavy atom. The Labute approximate surface area is 106 Å². The number of aliphatic hydroxyl groups is 1. The second-order valence-corrected chi connectivity index (χ2v) is 5.04. The third-order valence-electron chi connectivity index (χ3n) is 3.82. The highest BCUT2D eigenvalue weighted by atomic mass is 19.1. The van der Waals surface area contributed by atoms with Crippen molar-refractivity contribution in [2.45, 2.75) is 38.3 Å². The van der Waals surface area contributed by atoms with Crippen LogP contribution in [0.5, 0.6) is 0 Å². The topological polar surface area (TPSA) is 32.3 Å². The Balaban J connectivity index is 1.92. The van der Waals surface area contributed by atoms with Gasteiger partial charge in [-0.3, -0.25) is 0 Å². The van der Waals surface area contributed by atoms with Gasteiger partial charge in [-0.1, -0.05) is 12.5 Å². The summed E-state index contributed by atoms with van der Waals surface area (Å²) < 4.78 is 26.9. The summed E-state index contributed by atoms with van der Waals surface area (Å²) in [6.45, 7) is 2.23. The Morgan fingerprint density at radius 1 is 1.33 bits per heavy atom. The smallest absolute Gasteiger partial charge is 0.131 e. The minimum absolute atomic E-state index is 0.176. The number of hydrogen-bond donors (Lipinski definition) is 2. The van der Waals surface area contributed by atoms with Crippen LogP contribution in [0.25, 0.3) is 0 Å². The molecule has 1 saturated carbocycles. The summed E-state index contributed by atoms with van der Waals surface area (Å²) in [5, 5.41) is 13.0. The predicted octanol–water partition coefficient (Wildman–Crippen LogP) is 2.78. The van der Waals surface area contributed by atoms with Gasteiger partial charge in [-0.2, -0.15) is 0 Å². The molecule has 0 radical (unpaired) electrons. The molecule has 2 rings (SSSR count). The fourth-order valence-electron chi connectivity index (χ4n) is 2.34. The van der Waals surface area contributed by atoms with Gasteiger partial charge in [0, 0.05) is 12.6 Å². The number of aliphatic hydroxyl groups excluding tert-OH is 1. The average molecular weight is 255 g/mol. The maximum atomic E-state index is 13.4. The van der Waals surface area contributed by atoms with E-state index in [0.29, 0.717) is 5.92 Å². The van der Waals surface area contributed by atoms with Crippen LogP contribution in [0.3, 0.4) is 0 Å². The SMILES string of the molecule is CC(NCC(O)c1c(F)cccc1F)C1CCC1. The first-order chi connectivity index (χ1) is 8.59. The zero-order chi connectivity index (χ0) is 13.1. The van der Waals surface area contributed by atoms with Crippen LogP contribution in [-0.2, 0) is 0 Å². The van der Waals surface area contributed by atoms with Gasteiger partial charge in [-0.05, 0) is 37.8 Å². The van der Waals surface area contributed by atoms with Crippen molar-refractivity contribution >= 4 is 0 Å². The zero-order valence-corrected chi connectivity index (χ0v) is 10.5. The molecule has 0 saturated heterocycles. The average Bonchev–Trinajstić information content (AvgIpc) is 2.23. The number of halogens is 2. The van der Waals surface area contributed by atoms with Crippen LogP contribution in [-0.4, -0.2) is 17.7 Å². The van der Waals surface area contributed by atoms with Crippen molar-refractivity contribution in [3.8, 4) is 0 Å². The van der Waals surface area contributed by atoms with Crippen molar-refractivity contribution in [2.24, 2.45) is 5.92 Å². The summed E-state index contributed by atoms with van der Waals surface area (Å²) >= 11 is 0. The van der Waals surface area contributed by atoms with Gasteiger partial charge in [0.05, 0.1) is 11.7 Å². The van der Waals surface area contributed by atoms with Crippen LogP contribution in [0.1, 0.15) is 37.9 Å². The van der Waals surface area contributed by atoms with Gasteiger partial charge in [0.1, 0.15) is 11.6 Å². The number of nitrogens with one attached hydrogen (secondary N) is 1. The third-order valence-corrected chi connectivity index (χ3v) is 3.82. The molecule has 1 aromatic rings. The van der Waals surface area contributed by atoms with Crippen LogP contribution in [0, 0.1) is 17.6 Å². The Morgan fingerprint density at radius 3 is 2.44 bits per heavy atom. The van der Waals surface area contributed by atoms with E-state index in [4.69, 9.17) is 0 Å². The van der Waals surface area contributed by atoms with Crippen LogP contribution < -0.4 is 5.32 Å². The molecule has 1 aliphatic rings. The van der Waals surface area contributed by atoms with Crippen molar-refractivity contribution < 1.29 is 13.9 Å². The first-order valence-corrected chi connectivity index (χ1v) is 6.45. The summed E-state index contributed by atoms with van der Waals surface area (Å²) in [5.74, 6) is -0.760. The minimum Gasteiger partial charge on any atom is -0.387 e. The molecule has 0 spiro atoms. The quantitative estimate of drug-likeness (QED) is 0.848. The summed E-state index contributed by atoms with van der Waals surface area (Å²) in [5.41, 5.74) is -0.245. The van der Waals surface area contributed by atoms with Gasteiger partial charge in [-0.15, -0.1) is 0 Å². The molecule has 0 amide bonds.